The molecule has 0 radical (unpaired) electrons. The number of ketones is 1. The van der Waals surface area contributed by atoms with Crippen LogP contribution >= 0.6 is 0 Å². The maximum Gasteiger partial charge on any atom is 0.338 e. The van der Waals surface area contributed by atoms with Crippen molar-refractivity contribution in [1.29, 1.82) is 0 Å². The smallest absolute Gasteiger partial charge is 0.338 e. The molecule has 0 saturated heterocycles. The number of carbonyl (C=O) groups is 2. The number of hydrogen-bond acceptors (Lipinski definition) is 5. The Morgan fingerprint density at radius 1 is 0.848 bits per heavy atom. The van der Waals surface area contributed by atoms with E-state index in [0.717, 1.165) is 25.7 Å². The fourth-order valence-corrected chi connectivity index (χ4v) is 4.62. The van der Waals surface area contributed by atoms with E-state index in [1.165, 1.54) is 24.3 Å². The van der Waals surface area contributed by atoms with Crippen LogP contribution in [0.5, 0.6) is 5.75 Å². The van der Waals surface area contributed by atoms with Crippen molar-refractivity contribution >= 4 is 11.8 Å². The lowest BCUT2D eigenvalue weighted by atomic mass is 9.77. The molecule has 33 heavy (non-hydrogen) atoms. The lowest BCUT2D eigenvalue weighted by molar-refractivity contribution is -0.143. The van der Waals surface area contributed by atoms with Gasteiger partial charge in [-0.3, -0.25) is 4.79 Å². The van der Waals surface area contributed by atoms with Gasteiger partial charge in [0, 0.05) is 0 Å². The number of esters is 1. The quantitative estimate of drug-likeness (QED) is 0.344. The van der Waals surface area contributed by atoms with Gasteiger partial charge in [0.25, 0.3) is 0 Å². The Morgan fingerprint density at radius 2 is 1.27 bits per heavy atom. The standard InChI is InChI=1S/C28H46O5/c1-20(17-26(3,4)5)13-15-28(32,16-14-21(2)18-27(6,7)8)24(30)19-33-25(31)22-9-11-23(29)12-10-22/h9-12,20-21,29,32H,13-19H2,1-8H3/t20-,21+,28?. The fraction of sp³-hybridized carbons (Fsp3) is 0.714. The van der Waals surface area contributed by atoms with Crippen molar-refractivity contribution in [3.63, 3.8) is 0 Å². The Balaban J connectivity index is 2.83. The van der Waals surface area contributed by atoms with E-state index in [1.807, 2.05) is 0 Å². The van der Waals surface area contributed by atoms with Crippen molar-refractivity contribution in [1.82, 2.24) is 0 Å². The van der Waals surface area contributed by atoms with E-state index in [2.05, 4.69) is 55.4 Å². The summed E-state index contributed by atoms with van der Waals surface area (Å²) in [6, 6.07) is 5.66. The van der Waals surface area contributed by atoms with Gasteiger partial charge >= 0.3 is 5.97 Å². The molecule has 0 aliphatic carbocycles. The van der Waals surface area contributed by atoms with Crippen LogP contribution in [0, 0.1) is 22.7 Å². The summed E-state index contributed by atoms with van der Waals surface area (Å²) >= 11 is 0. The number of benzene rings is 1. The number of aromatic hydroxyl groups is 1. The van der Waals surface area contributed by atoms with Crippen molar-refractivity contribution < 1.29 is 24.5 Å². The van der Waals surface area contributed by atoms with Gasteiger partial charge in [-0.15, -0.1) is 0 Å². The second-order valence-corrected chi connectivity index (χ2v) is 12.4. The number of Topliss-reactive ketones (excluding diaryl/α,β-unsaturated/α-hetero) is 1. The van der Waals surface area contributed by atoms with Crippen LogP contribution in [-0.2, 0) is 9.53 Å². The molecule has 5 heteroatoms. The topological polar surface area (TPSA) is 83.8 Å². The Labute approximate surface area is 200 Å². The number of ether oxygens (including phenoxy) is 1. The normalized spacial score (nSPS) is 16.0. The van der Waals surface area contributed by atoms with Crippen molar-refractivity contribution in [3.05, 3.63) is 29.8 Å². The van der Waals surface area contributed by atoms with E-state index >= 15 is 0 Å². The van der Waals surface area contributed by atoms with E-state index in [0.29, 0.717) is 24.7 Å². The van der Waals surface area contributed by atoms with Crippen molar-refractivity contribution in [2.24, 2.45) is 22.7 Å². The van der Waals surface area contributed by atoms with E-state index in [-0.39, 0.29) is 22.1 Å². The molecule has 1 aromatic carbocycles. The number of carbonyl (C=O) groups excluding carboxylic acids is 2. The molecule has 0 aliphatic rings. The van der Waals surface area contributed by atoms with Crippen molar-refractivity contribution in [2.45, 2.75) is 99.5 Å². The van der Waals surface area contributed by atoms with E-state index < -0.39 is 24.0 Å². The molecule has 0 aliphatic heterocycles. The van der Waals surface area contributed by atoms with Gasteiger partial charge in [0.2, 0.25) is 5.78 Å². The fourth-order valence-electron chi connectivity index (χ4n) is 4.62. The third-order valence-corrected chi connectivity index (χ3v) is 5.98. The summed E-state index contributed by atoms with van der Waals surface area (Å²) in [6.45, 7) is 17.0. The van der Waals surface area contributed by atoms with Gasteiger partial charge in [-0.1, -0.05) is 55.4 Å². The average molecular weight is 463 g/mol. The molecule has 0 saturated carbocycles. The highest BCUT2D eigenvalue weighted by molar-refractivity contribution is 5.93. The zero-order valence-electron chi connectivity index (χ0n) is 22.0. The largest absolute Gasteiger partial charge is 0.508 e. The highest BCUT2D eigenvalue weighted by Crippen LogP contribution is 2.33. The van der Waals surface area contributed by atoms with Crippen LogP contribution in [-0.4, -0.2) is 34.2 Å². The lowest BCUT2D eigenvalue weighted by Crippen LogP contribution is -2.42. The summed E-state index contributed by atoms with van der Waals surface area (Å²) in [7, 11) is 0. The number of phenols is 1. The van der Waals surface area contributed by atoms with Gasteiger partial charge in [-0.05, 0) is 85.5 Å². The monoisotopic (exact) mass is 462 g/mol. The van der Waals surface area contributed by atoms with Gasteiger partial charge in [-0.25, -0.2) is 4.79 Å². The van der Waals surface area contributed by atoms with Gasteiger partial charge in [-0.2, -0.15) is 0 Å². The molecule has 0 amide bonds. The molecule has 0 bridgehead atoms. The highest BCUT2D eigenvalue weighted by atomic mass is 16.5. The molecule has 3 atom stereocenters. The minimum absolute atomic E-state index is 0.0470. The van der Waals surface area contributed by atoms with Gasteiger partial charge in [0.05, 0.1) is 5.56 Å². The van der Waals surface area contributed by atoms with Crippen LogP contribution in [0.15, 0.2) is 24.3 Å². The minimum atomic E-state index is -1.51. The predicted molar refractivity (Wildman–Crippen MR) is 133 cm³/mol. The Hall–Kier alpha value is -1.88. The number of aliphatic hydroxyl groups is 1. The van der Waals surface area contributed by atoms with E-state index in [9.17, 15) is 19.8 Å². The molecular formula is C28H46O5. The SMILES string of the molecule is C[C@H](CCC(O)(CC[C@H](C)CC(C)(C)C)C(=O)COC(=O)c1ccc(O)cc1)CC(C)(C)C. The Kier molecular flexibility index (Phi) is 10.6. The first kappa shape index (κ1) is 29.2. The molecule has 2 N–H and O–H groups in total. The zero-order chi connectivity index (χ0) is 25.4. The number of hydrogen-bond donors (Lipinski definition) is 2. The maximum absolute atomic E-state index is 13.1. The predicted octanol–water partition coefficient (Wildman–Crippen LogP) is 6.55. The molecule has 1 aromatic rings. The third kappa shape index (κ3) is 11.7. The van der Waals surface area contributed by atoms with Crippen LogP contribution in [0.3, 0.4) is 0 Å². The molecule has 0 spiro atoms. The summed E-state index contributed by atoms with van der Waals surface area (Å²) in [5, 5.41) is 20.8. The van der Waals surface area contributed by atoms with E-state index in [1.54, 1.807) is 0 Å². The highest BCUT2D eigenvalue weighted by Gasteiger charge is 2.37. The van der Waals surface area contributed by atoms with Crippen LogP contribution in [0.2, 0.25) is 0 Å². The second kappa shape index (κ2) is 12.0. The Morgan fingerprint density at radius 3 is 1.67 bits per heavy atom. The molecule has 5 nitrogen and oxygen atoms in total. The van der Waals surface area contributed by atoms with Gasteiger partial charge in [0.1, 0.15) is 11.4 Å². The number of rotatable bonds is 12. The van der Waals surface area contributed by atoms with Crippen LogP contribution in [0.4, 0.5) is 0 Å². The second-order valence-electron chi connectivity index (χ2n) is 12.4. The van der Waals surface area contributed by atoms with Crippen molar-refractivity contribution in [2.75, 3.05) is 6.61 Å². The van der Waals surface area contributed by atoms with Gasteiger partial charge < -0.3 is 14.9 Å². The summed E-state index contributed by atoms with van der Waals surface area (Å²) < 4.78 is 5.22. The first-order valence-electron chi connectivity index (χ1n) is 12.2. The molecule has 1 rings (SSSR count). The summed E-state index contributed by atoms with van der Waals surface area (Å²) in [5.74, 6) is -0.300. The maximum atomic E-state index is 13.1. The first-order valence-corrected chi connectivity index (χ1v) is 12.2. The van der Waals surface area contributed by atoms with E-state index in [4.69, 9.17) is 4.74 Å². The molecule has 188 valence electrons. The van der Waals surface area contributed by atoms with Crippen molar-refractivity contribution in [3.8, 4) is 5.75 Å². The minimum Gasteiger partial charge on any atom is -0.508 e. The van der Waals surface area contributed by atoms with Crippen LogP contribution < -0.4 is 0 Å². The summed E-state index contributed by atoms with van der Waals surface area (Å²) in [4.78, 5) is 25.4. The average Bonchev–Trinajstić information content (AvgIpc) is 2.66. The zero-order valence-corrected chi connectivity index (χ0v) is 22.0. The molecule has 0 heterocycles. The summed E-state index contributed by atoms with van der Waals surface area (Å²) in [5.41, 5.74) is -0.889. The molecule has 0 fully saturated rings. The Bertz CT molecular complexity index is 726. The lowest BCUT2D eigenvalue weighted by Gasteiger charge is -2.31. The first-order chi connectivity index (χ1) is 15.0. The third-order valence-electron chi connectivity index (χ3n) is 5.98. The van der Waals surface area contributed by atoms with Gasteiger partial charge in [0.15, 0.2) is 6.61 Å². The number of phenolic OH excluding ortho intramolecular Hbond substituents is 1. The molecular weight excluding hydrogens is 416 g/mol. The molecule has 1 unspecified atom stereocenters. The summed E-state index contributed by atoms with van der Waals surface area (Å²) in [6.07, 6.45) is 4.21. The van der Waals surface area contributed by atoms with Crippen LogP contribution in [0.1, 0.15) is 104 Å². The van der Waals surface area contributed by atoms with Crippen LogP contribution in [0.25, 0.3) is 0 Å². The molecule has 0 aromatic heterocycles.